The average molecular weight is 474 g/mol. The largest absolute Gasteiger partial charge is 0.494 e. The van der Waals surface area contributed by atoms with Gasteiger partial charge in [-0.3, -0.25) is 14.4 Å². The monoisotopic (exact) mass is 474 g/mol. The summed E-state index contributed by atoms with van der Waals surface area (Å²) in [6, 6.07) is 8.98. The molecule has 4 heterocycles. The van der Waals surface area contributed by atoms with Crippen molar-refractivity contribution in [2.75, 3.05) is 33.3 Å². The number of methoxy groups -OCH3 is 1. The van der Waals surface area contributed by atoms with Gasteiger partial charge in [0.2, 0.25) is 5.82 Å². The number of benzene rings is 1. The van der Waals surface area contributed by atoms with Crippen LogP contribution in [0.25, 0.3) is 22.4 Å². The first-order valence-corrected chi connectivity index (χ1v) is 10.9. The number of hydrogen-bond donors (Lipinski definition) is 1. The molecule has 1 aliphatic heterocycles. The second kappa shape index (κ2) is 8.97. The Morgan fingerprint density at radius 3 is 2.40 bits per heavy atom. The smallest absolute Gasteiger partial charge is 0.295 e. The molecule has 0 aliphatic carbocycles. The van der Waals surface area contributed by atoms with Crippen LogP contribution in [0.1, 0.15) is 20.7 Å². The molecule has 0 saturated carbocycles. The summed E-state index contributed by atoms with van der Waals surface area (Å²) in [5.74, 6) is -0.675. The predicted molar refractivity (Wildman–Crippen MR) is 124 cm³/mol. The van der Waals surface area contributed by atoms with Gasteiger partial charge in [-0.05, 0) is 22.6 Å². The molecule has 1 aromatic carbocycles. The third-order valence-corrected chi connectivity index (χ3v) is 6.04. The molecule has 3 aromatic heterocycles. The molecule has 0 unspecified atom stereocenters. The number of carbonyl (C=O) groups is 3. The number of pyridine rings is 1. The lowest BCUT2D eigenvalue weighted by atomic mass is 10.1. The average Bonchev–Trinajstić information content (AvgIpc) is 3.54. The number of Topliss-reactive ketones (excluding diaryl/α,β-unsaturated/α-hetero) is 1. The van der Waals surface area contributed by atoms with Gasteiger partial charge in [-0.25, -0.2) is 9.67 Å². The van der Waals surface area contributed by atoms with Gasteiger partial charge in [0.15, 0.2) is 0 Å². The van der Waals surface area contributed by atoms with E-state index in [1.54, 1.807) is 24.1 Å². The fourth-order valence-electron chi connectivity index (χ4n) is 4.19. The van der Waals surface area contributed by atoms with Crippen molar-refractivity contribution in [1.29, 1.82) is 0 Å². The number of fused-ring (bicyclic) bond motifs is 1. The van der Waals surface area contributed by atoms with Gasteiger partial charge in [0.25, 0.3) is 17.6 Å². The van der Waals surface area contributed by atoms with Crippen LogP contribution in [0.15, 0.2) is 42.7 Å². The minimum Gasteiger partial charge on any atom is -0.494 e. The molecule has 178 valence electrons. The number of aromatic amines is 1. The van der Waals surface area contributed by atoms with E-state index < -0.39 is 11.7 Å². The number of aromatic nitrogens is 6. The second-order valence-corrected chi connectivity index (χ2v) is 8.03. The number of ether oxygens (including phenoxy) is 1. The highest BCUT2D eigenvalue weighted by Crippen LogP contribution is 2.33. The third kappa shape index (κ3) is 3.88. The van der Waals surface area contributed by atoms with Crippen molar-refractivity contribution in [3.63, 3.8) is 0 Å². The molecule has 5 rings (SSSR count). The third-order valence-electron chi connectivity index (χ3n) is 6.04. The zero-order valence-electron chi connectivity index (χ0n) is 19.1. The molecule has 4 aromatic rings. The number of nitrogens with one attached hydrogen (secondary N) is 1. The van der Waals surface area contributed by atoms with Crippen LogP contribution in [-0.4, -0.2) is 90.9 Å². The lowest BCUT2D eigenvalue weighted by Gasteiger charge is -2.34. The fourth-order valence-corrected chi connectivity index (χ4v) is 4.19. The summed E-state index contributed by atoms with van der Waals surface area (Å²) in [4.78, 5) is 49.6. The zero-order chi connectivity index (χ0) is 24.5. The van der Waals surface area contributed by atoms with E-state index in [0.29, 0.717) is 46.8 Å². The number of tetrazole rings is 1. The van der Waals surface area contributed by atoms with Gasteiger partial charge >= 0.3 is 0 Å². The molecule has 1 saturated heterocycles. The summed E-state index contributed by atoms with van der Waals surface area (Å²) in [6.07, 6.45) is 2.94. The fraction of sp³-hybridized carbons (Fsp3) is 0.261. The second-order valence-electron chi connectivity index (χ2n) is 8.03. The van der Waals surface area contributed by atoms with E-state index in [-0.39, 0.29) is 24.6 Å². The van der Waals surface area contributed by atoms with Crippen LogP contribution < -0.4 is 4.74 Å². The molecule has 35 heavy (non-hydrogen) atoms. The quantitative estimate of drug-likeness (QED) is 0.333. The van der Waals surface area contributed by atoms with Crippen LogP contribution in [0, 0.1) is 0 Å². The summed E-state index contributed by atoms with van der Waals surface area (Å²) in [5.41, 5.74) is 1.67. The Labute approximate surface area is 199 Å². The Morgan fingerprint density at radius 2 is 1.74 bits per heavy atom. The first-order valence-electron chi connectivity index (χ1n) is 10.9. The highest BCUT2D eigenvalue weighted by atomic mass is 16.5. The van der Waals surface area contributed by atoms with E-state index in [0.717, 1.165) is 0 Å². The van der Waals surface area contributed by atoms with Crippen molar-refractivity contribution >= 4 is 28.5 Å². The van der Waals surface area contributed by atoms with Gasteiger partial charge in [0.05, 0.1) is 29.8 Å². The molecular weight excluding hydrogens is 452 g/mol. The SMILES string of the molecule is COc1cnc(-c2nnnn2C)c2[nH]cc(C(=O)C(=O)N3CCN(C(=O)c4ccccc4)CC3)c12. The van der Waals surface area contributed by atoms with Crippen molar-refractivity contribution in [3.8, 4) is 17.3 Å². The summed E-state index contributed by atoms with van der Waals surface area (Å²) < 4.78 is 6.88. The lowest BCUT2D eigenvalue weighted by Crippen LogP contribution is -2.52. The first kappa shape index (κ1) is 22.2. The molecular formula is C23H22N8O4. The minimum absolute atomic E-state index is 0.0938. The van der Waals surface area contributed by atoms with E-state index in [4.69, 9.17) is 4.74 Å². The standard InChI is InChI=1S/C23H22N8O4/c1-29-21(26-27-28-29)19-18-17(16(35-2)13-25-19)15(12-24-18)20(32)23(34)31-10-8-30(9-11-31)22(33)14-6-4-3-5-7-14/h3-7,12-13,24H,8-11H2,1-2H3. The molecule has 0 bridgehead atoms. The maximum absolute atomic E-state index is 13.3. The van der Waals surface area contributed by atoms with Gasteiger partial charge in [0.1, 0.15) is 11.4 Å². The van der Waals surface area contributed by atoms with Gasteiger partial charge < -0.3 is 19.5 Å². The number of ketones is 1. The van der Waals surface area contributed by atoms with Crippen LogP contribution in [0.2, 0.25) is 0 Å². The van der Waals surface area contributed by atoms with Crippen LogP contribution in [0.5, 0.6) is 5.75 Å². The Bertz CT molecular complexity index is 1420. The summed E-state index contributed by atoms with van der Waals surface area (Å²) >= 11 is 0. The van der Waals surface area contributed by atoms with E-state index >= 15 is 0 Å². The van der Waals surface area contributed by atoms with E-state index in [2.05, 4.69) is 25.5 Å². The highest BCUT2D eigenvalue weighted by Gasteiger charge is 2.31. The summed E-state index contributed by atoms with van der Waals surface area (Å²) in [5, 5.41) is 11.9. The maximum atomic E-state index is 13.3. The first-order chi connectivity index (χ1) is 17.0. The van der Waals surface area contributed by atoms with Crippen molar-refractivity contribution < 1.29 is 19.1 Å². The van der Waals surface area contributed by atoms with Gasteiger partial charge in [-0.2, -0.15) is 0 Å². The molecule has 2 amide bonds. The molecule has 1 N–H and O–H groups in total. The topological polar surface area (TPSA) is 139 Å². The lowest BCUT2D eigenvalue weighted by molar-refractivity contribution is -0.127. The van der Waals surface area contributed by atoms with Gasteiger partial charge in [-0.15, -0.1) is 5.10 Å². The highest BCUT2D eigenvalue weighted by molar-refractivity contribution is 6.45. The van der Waals surface area contributed by atoms with Crippen LogP contribution in [0.4, 0.5) is 0 Å². The number of rotatable bonds is 5. The molecule has 0 spiro atoms. The molecule has 0 atom stereocenters. The molecule has 12 heteroatoms. The van der Waals surface area contributed by atoms with E-state index in [1.165, 1.54) is 29.1 Å². The molecule has 0 radical (unpaired) electrons. The van der Waals surface area contributed by atoms with Crippen molar-refractivity contribution in [1.82, 2.24) is 40.0 Å². The Morgan fingerprint density at radius 1 is 1.03 bits per heavy atom. The Hall–Kier alpha value is -4.61. The van der Waals surface area contributed by atoms with E-state index in [1.807, 2.05) is 18.2 Å². The van der Waals surface area contributed by atoms with Crippen molar-refractivity contribution in [2.24, 2.45) is 7.05 Å². The Kier molecular flexibility index (Phi) is 5.69. The van der Waals surface area contributed by atoms with Crippen molar-refractivity contribution in [3.05, 3.63) is 53.9 Å². The number of nitrogens with zero attached hydrogens (tertiary/aromatic N) is 7. The normalized spacial score (nSPS) is 13.8. The number of hydrogen-bond acceptors (Lipinski definition) is 8. The van der Waals surface area contributed by atoms with Crippen molar-refractivity contribution in [2.45, 2.75) is 0 Å². The maximum Gasteiger partial charge on any atom is 0.295 e. The minimum atomic E-state index is -0.675. The predicted octanol–water partition coefficient (Wildman–Crippen LogP) is 0.929. The zero-order valence-corrected chi connectivity index (χ0v) is 19.1. The van der Waals surface area contributed by atoms with Gasteiger partial charge in [-0.1, -0.05) is 18.2 Å². The van der Waals surface area contributed by atoms with E-state index in [9.17, 15) is 14.4 Å². The van der Waals surface area contributed by atoms with Crippen LogP contribution >= 0.6 is 0 Å². The Balaban J connectivity index is 1.37. The number of carbonyl (C=O) groups excluding carboxylic acids is 3. The molecule has 12 nitrogen and oxygen atoms in total. The number of H-pyrrole nitrogens is 1. The number of piperazine rings is 1. The molecule has 1 aliphatic rings. The molecule has 1 fully saturated rings. The summed E-state index contributed by atoms with van der Waals surface area (Å²) in [6.45, 7) is 1.22. The number of aryl methyl sites for hydroxylation is 1. The van der Waals surface area contributed by atoms with Crippen LogP contribution in [-0.2, 0) is 11.8 Å². The van der Waals surface area contributed by atoms with Crippen LogP contribution in [0.3, 0.4) is 0 Å². The van der Waals surface area contributed by atoms with Gasteiger partial charge in [0, 0.05) is 45.0 Å². The summed E-state index contributed by atoms with van der Waals surface area (Å²) in [7, 11) is 3.14. The number of amides is 2.